The van der Waals surface area contributed by atoms with Crippen molar-refractivity contribution in [2.45, 2.75) is 75.0 Å². The fraction of sp³-hybridized carbons (Fsp3) is 0.517. The molecule has 6 nitrogen and oxygen atoms in total. The van der Waals surface area contributed by atoms with Crippen LogP contribution in [0.3, 0.4) is 0 Å². The van der Waals surface area contributed by atoms with Gasteiger partial charge in [-0.3, -0.25) is 14.5 Å². The van der Waals surface area contributed by atoms with E-state index < -0.39 is 10.7 Å². The molecule has 0 heterocycles. The third-order valence-corrected chi connectivity index (χ3v) is 7.99. The maximum Gasteiger partial charge on any atom is 0.319 e. The molecule has 204 valence electrons. The summed E-state index contributed by atoms with van der Waals surface area (Å²) in [5.74, 6) is -0.242. The molecular weight excluding hydrogens is 508 g/mol. The fourth-order valence-electron chi connectivity index (χ4n) is 4.60. The maximum absolute atomic E-state index is 12.9. The lowest BCUT2D eigenvalue weighted by Gasteiger charge is -2.24. The van der Waals surface area contributed by atoms with E-state index in [0.29, 0.717) is 25.6 Å². The van der Waals surface area contributed by atoms with Gasteiger partial charge in [-0.05, 0) is 74.4 Å². The van der Waals surface area contributed by atoms with E-state index in [1.165, 1.54) is 49.4 Å². The van der Waals surface area contributed by atoms with Crippen LogP contribution in [-0.2, 0) is 20.9 Å². The molecule has 1 aliphatic rings. The summed E-state index contributed by atoms with van der Waals surface area (Å²) in [5, 5.41) is 12.5. The molecule has 0 bridgehead atoms. The highest BCUT2D eigenvalue weighted by molar-refractivity contribution is 8.01. The smallest absolute Gasteiger partial charge is 0.319 e. The Bertz CT molecular complexity index is 1020. The third-order valence-electron chi connectivity index (χ3n) is 6.80. The number of hydrogen-bond donors (Lipinski definition) is 2. The number of carbonyl (C=O) groups is 2. The molecular formula is C29H41ClN2O4S. The van der Waals surface area contributed by atoms with Crippen molar-refractivity contribution >= 4 is 41.7 Å². The summed E-state index contributed by atoms with van der Waals surface area (Å²) >= 11 is 1.32. The van der Waals surface area contributed by atoms with Gasteiger partial charge in [0.05, 0.1) is 13.2 Å². The first-order chi connectivity index (χ1) is 17.2. The van der Waals surface area contributed by atoms with Crippen LogP contribution >= 0.6 is 24.2 Å². The van der Waals surface area contributed by atoms with E-state index in [4.69, 9.17) is 4.74 Å². The molecule has 2 aromatic rings. The number of hydrogen-bond acceptors (Lipinski definition) is 5. The molecule has 0 aromatic heterocycles. The number of anilines is 1. The van der Waals surface area contributed by atoms with E-state index in [0.717, 1.165) is 21.7 Å². The Morgan fingerprint density at radius 3 is 2.38 bits per heavy atom. The molecule has 8 heteroatoms. The van der Waals surface area contributed by atoms with Crippen LogP contribution in [0.25, 0.3) is 0 Å². The number of benzene rings is 2. The topological polar surface area (TPSA) is 78.9 Å². The lowest BCUT2D eigenvalue weighted by Crippen LogP contribution is -2.35. The number of thioether (sulfide) groups is 1. The van der Waals surface area contributed by atoms with Crippen LogP contribution < -0.4 is 5.32 Å². The second-order valence-corrected chi connectivity index (χ2v) is 11.9. The Hall–Kier alpha value is -2.06. The van der Waals surface area contributed by atoms with Gasteiger partial charge in [0.1, 0.15) is 4.75 Å². The molecule has 37 heavy (non-hydrogen) atoms. The zero-order valence-electron chi connectivity index (χ0n) is 22.4. The third kappa shape index (κ3) is 9.64. The monoisotopic (exact) mass is 548 g/mol. The van der Waals surface area contributed by atoms with Gasteiger partial charge in [0.25, 0.3) is 0 Å². The predicted octanol–water partition coefficient (Wildman–Crippen LogP) is 6.51. The van der Waals surface area contributed by atoms with Gasteiger partial charge in [0, 0.05) is 30.8 Å². The summed E-state index contributed by atoms with van der Waals surface area (Å²) in [6.07, 6.45) is 6.48. The minimum Gasteiger partial charge on any atom is -0.480 e. The van der Waals surface area contributed by atoms with Gasteiger partial charge >= 0.3 is 5.97 Å². The Morgan fingerprint density at radius 1 is 1.11 bits per heavy atom. The van der Waals surface area contributed by atoms with Crippen LogP contribution in [0.1, 0.15) is 68.6 Å². The number of aryl methyl sites for hydroxylation is 1. The molecule has 3 rings (SSSR count). The summed E-state index contributed by atoms with van der Waals surface area (Å²) in [6, 6.07) is 14.3. The number of aliphatic carboxylic acids is 1. The summed E-state index contributed by atoms with van der Waals surface area (Å²) in [5.41, 5.74) is 4.42. The molecule has 0 spiro atoms. The summed E-state index contributed by atoms with van der Waals surface area (Å²) < 4.78 is 4.37. The molecule has 0 unspecified atom stereocenters. The number of halogens is 1. The number of methoxy groups -OCH3 is 1. The second-order valence-electron chi connectivity index (χ2n) is 10.2. The largest absolute Gasteiger partial charge is 0.480 e. The molecule has 2 aromatic carbocycles. The average molecular weight is 549 g/mol. The average Bonchev–Trinajstić information content (AvgIpc) is 2.85. The van der Waals surface area contributed by atoms with Gasteiger partial charge in [-0.25, -0.2) is 0 Å². The summed E-state index contributed by atoms with van der Waals surface area (Å²) in [6.45, 7) is 7.49. The van der Waals surface area contributed by atoms with Crippen molar-refractivity contribution in [3.05, 3.63) is 59.2 Å². The highest BCUT2D eigenvalue weighted by Gasteiger charge is 2.28. The maximum atomic E-state index is 12.9. The molecule has 0 aliphatic heterocycles. The number of carboxylic acids is 1. The lowest BCUT2D eigenvalue weighted by atomic mass is 9.83. The zero-order chi connectivity index (χ0) is 26.1. The predicted molar refractivity (Wildman–Crippen MR) is 154 cm³/mol. The molecule has 1 aliphatic carbocycles. The van der Waals surface area contributed by atoms with Crippen molar-refractivity contribution in [1.29, 1.82) is 0 Å². The number of rotatable bonds is 12. The fourth-order valence-corrected chi connectivity index (χ4v) is 5.55. The number of nitrogens with zero attached hydrogens (tertiary/aromatic N) is 1. The minimum absolute atomic E-state index is 0. The van der Waals surface area contributed by atoms with Gasteiger partial charge in [0.2, 0.25) is 5.91 Å². The van der Waals surface area contributed by atoms with Gasteiger partial charge < -0.3 is 15.2 Å². The first kappa shape index (κ1) is 31.2. The Labute approximate surface area is 232 Å². The van der Waals surface area contributed by atoms with Gasteiger partial charge in [0.15, 0.2) is 0 Å². The van der Waals surface area contributed by atoms with E-state index in [2.05, 4.69) is 29.3 Å². The molecule has 0 saturated heterocycles. The molecule has 2 N–H and O–H groups in total. The van der Waals surface area contributed by atoms with Crippen LogP contribution in [0, 0.1) is 6.92 Å². The van der Waals surface area contributed by atoms with Crippen LogP contribution in [0.15, 0.2) is 47.4 Å². The van der Waals surface area contributed by atoms with Gasteiger partial charge in [-0.2, -0.15) is 0 Å². The Kier molecular flexibility index (Phi) is 12.4. The standard InChI is InChI=1S/C29H40N2O4S.ClH/c1-21-18-24(23-8-6-5-7-9-23)12-15-26(21)30-27(32)20-31(16-17-35-4)19-22-10-13-25(14-11-22)36-29(2,3)28(33)34;/h10-15,18,23H,5-9,16-17,19-20H2,1-4H3,(H,30,32)(H,33,34);1H. The molecule has 1 amide bonds. The van der Waals surface area contributed by atoms with Crippen LogP contribution in [0.4, 0.5) is 5.69 Å². The van der Waals surface area contributed by atoms with Crippen molar-refractivity contribution in [2.24, 2.45) is 0 Å². The lowest BCUT2D eigenvalue weighted by molar-refractivity contribution is -0.138. The number of ether oxygens (including phenoxy) is 1. The normalized spacial score (nSPS) is 14.3. The van der Waals surface area contributed by atoms with Crippen molar-refractivity contribution in [3.8, 4) is 0 Å². The molecule has 0 radical (unpaired) electrons. The van der Waals surface area contributed by atoms with Crippen LogP contribution in [-0.4, -0.2) is 53.4 Å². The van der Waals surface area contributed by atoms with Crippen LogP contribution in [0.5, 0.6) is 0 Å². The Morgan fingerprint density at radius 2 is 1.78 bits per heavy atom. The summed E-state index contributed by atoms with van der Waals surface area (Å²) in [4.78, 5) is 27.3. The number of nitrogens with one attached hydrogen (secondary N) is 1. The van der Waals surface area contributed by atoms with E-state index in [-0.39, 0.29) is 24.9 Å². The van der Waals surface area contributed by atoms with E-state index in [1.54, 1.807) is 21.0 Å². The van der Waals surface area contributed by atoms with E-state index >= 15 is 0 Å². The van der Waals surface area contributed by atoms with Crippen molar-refractivity contribution in [1.82, 2.24) is 4.90 Å². The highest BCUT2D eigenvalue weighted by Crippen LogP contribution is 2.34. The molecule has 1 saturated carbocycles. The number of carbonyl (C=O) groups excluding carboxylic acids is 1. The first-order valence-electron chi connectivity index (χ1n) is 12.8. The number of amides is 1. The highest BCUT2D eigenvalue weighted by atomic mass is 35.5. The van der Waals surface area contributed by atoms with E-state index in [9.17, 15) is 14.7 Å². The van der Waals surface area contributed by atoms with E-state index in [1.807, 2.05) is 30.3 Å². The minimum atomic E-state index is -0.892. The SMILES string of the molecule is COCCN(CC(=O)Nc1ccc(C2CCCCC2)cc1C)Cc1ccc(SC(C)(C)C(=O)O)cc1.Cl. The van der Waals surface area contributed by atoms with Crippen LogP contribution in [0.2, 0.25) is 0 Å². The first-order valence-corrected chi connectivity index (χ1v) is 13.6. The van der Waals surface area contributed by atoms with Gasteiger partial charge in [-0.15, -0.1) is 24.2 Å². The quantitative estimate of drug-likeness (QED) is 0.294. The molecule has 0 atom stereocenters. The van der Waals surface area contributed by atoms with Crippen molar-refractivity contribution in [2.75, 3.05) is 32.1 Å². The Balaban J connectivity index is 0.00000481. The van der Waals surface area contributed by atoms with Crippen molar-refractivity contribution in [3.63, 3.8) is 0 Å². The van der Waals surface area contributed by atoms with Gasteiger partial charge in [-0.1, -0.05) is 43.5 Å². The zero-order valence-corrected chi connectivity index (χ0v) is 24.1. The summed E-state index contributed by atoms with van der Waals surface area (Å²) in [7, 11) is 1.66. The van der Waals surface area contributed by atoms with Crippen molar-refractivity contribution < 1.29 is 19.4 Å². The molecule has 1 fully saturated rings. The number of carboxylic acid groups (broad SMARTS) is 1. The second kappa shape index (κ2) is 14.8.